The molecule has 5 rings (SSSR count). The number of fused-ring (bicyclic) bond motifs is 4. The van der Waals surface area contributed by atoms with Gasteiger partial charge in [-0.3, -0.25) is 14.6 Å². The molecule has 0 fully saturated rings. The number of pyridine rings is 1. The number of carbonyl (C=O) groups excluding carboxylic acids is 1. The minimum absolute atomic E-state index is 0. The van der Waals surface area contributed by atoms with Gasteiger partial charge in [0.25, 0.3) is 0 Å². The van der Waals surface area contributed by atoms with Crippen molar-refractivity contribution in [1.29, 1.82) is 0 Å². The molecule has 4 nitrogen and oxygen atoms in total. The summed E-state index contributed by atoms with van der Waals surface area (Å²) in [5, 5.41) is 13.4. The SMILES string of the molecule is CC(=O)/C=C(/C)O.[C-]#[N+]c1cc(-c2nccc3c2ccc2c(F)cccc23)[c-]c2ccccc12.[Ir]. The van der Waals surface area contributed by atoms with Gasteiger partial charge in [-0.15, -0.1) is 35.2 Å². The van der Waals surface area contributed by atoms with Gasteiger partial charge < -0.3 is 5.11 Å². The van der Waals surface area contributed by atoms with Gasteiger partial charge in [0.05, 0.1) is 12.3 Å². The van der Waals surface area contributed by atoms with Crippen molar-refractivity contribution in [2.75, 3.05) is 0 Å². The average Bonchev–Trinajstić information content (AvgIpc) is 2.82. The summed E-state index contributed by atoms with van der Waals surface area (Å²) in [6.45, 7) is 10.4. The second-order valence-electron chi connectivity index (χ2n) is 7.78. The molecule has 0 saturated carbocycles. The van der Waals surface area contributed by atoms with Crippen molar-refractivity contribution in [3.63, 3.8) is 0 Å². The molecular weight excluding hydrogens is 620 g/mol. The van der Waals surface area contributed by atoms with E-state index < -0.39 is 0 Å². The number of allylic oxidation sites excluding steroid dienone is 2. The minimum Gasteiger partial charge on any atom is -0.512 e. The Balaban J connectivity index is 0.000000378. The van der Waals surface area contributed by atoms with Gasteiger partial charge in [-0.1, -0.05) is 41.8 Å². The van der Waals surface area contributed by atoms with Gasteiger partial charge in [-0.05, 0) is 42.1 Å². The summed E-state index contributed by atoms with van der Waals surface area (Å²) >= 11 is 0. The van der Waals surface area contributed by atoms with Crippen molar-refractivity contribution >= 4 is 43.8 Å². The zero-order valence-electron chi connectivity index (χ0n) is 19.0. The molecule has 1 heterocycles. The fraction of sp³-hybridized carbons (Fsp3) is 0.0690. The van der Waals surface area contributed by atoms with E-state index >= 15 is 0 Å². The van der Waals surface area contributed by atoms with Crippen molar-refractivity contribution in [3.05, 3.63) is 108 Å². The summed E-state index contributed by atoms with van der Waals surface area (Å²) in [5.41, 5.74) is 2.08. The van der Waals surface area contributed by atoms with E-state index in [-0.39, 0.29) is 37.5 Å². The Kier molecular flexibility index (Phi) is 8.09. The number of nitrogens with zero attached hydrogens (tertiary/aromatic N) is 2. The Labute approximate surface area is 215 Å². The van der Waals surface area contributed by atoms with E-state index in [4.69, 9.17) is 11.7 Å². The molecule has 0 unspecified atom stereocenters. The predicted octanol–water partition coefficient (Wildman–Crippen LogP) is 7.73. The first-order valence-electron chi connectivity index (χ1n) is 10.6. The van der Waals surface area contributed by atoms with E-state index in [1.54, 1.807) is 18.3 Å². The molecule has 0 spiro atoms. The molecule has 0 aliphatic carbocycles. The monoisotopic (exact) mass is 640 g/mol. The van der Waals surface area contributed by atoms with E-state index in [0.29, 0.717) is 11.1 Å². The van der Waals surface area contributed by atoms with Crippen molar-refractivity contribution in [2.45, 2.75) is 13.8 Å². The van der Waals surface area contributed by atoms with E-state index in [2.05, 4.69) is 15.9 Å². The Morgan fingerprint density at radius 1 is 0.971 bits per heavy atom. The molecular formula is C29H20FIrN2O2-. The van der Waals surface area contributed by atoms with Crippen LogP contribution in [0.2, 0.25) is 0 Å². The standard InChI is InChI=1S/C24H12FN2.C5H8O2.Ir/c1-26-23-14-16(13-15-5-2-3-6-17(15)23)24-21-10-9-20-18(7-4-8-22(20)25)19(21)11-12-27-24;1-4(6)3-5(2)7;/h2-12,14H;3,6H,1-2H3;/q-1;;/b;4-3-;. The number of benzene rings is 4. The summed E-state index contributed by atoms with van der Waals surface area (Å²) in [7, 11) is 0. The number of aromatic nitrogens is 1. The smallest absolute Gasteiger partial charge is 0.155 e. The van der Waals surface area contributed by atoms with Crippen LogP contribution >= 0.6 is 0 Å². The number of carbonyl (C=O) groups is 1. The summed E-state index contributed by atoms with van der Waals surface area (Å²) < 4.78 is 14.2. The van der Waals surface area contributed by atoms with Gasteiger partial charge >= 0.3 is 0 Å². The molecule has 0 saturated heterocycles. The van der Waals surface area contributed by atoms with Crippen LogP contribution in [0.5, 0.6) is 0 Å². The van der Waals surface area contributed by atoms with Gasteiger partial charge in [0, 0.05) is 43.5 Å². The first kappa shape index (κ1) is 25.7. The normalized spacial score (nSPS) is 10.9. The number of hydrogen-bond acceptors (Lipinski definition) is 3. The summed E-state index contributed by atoms with van der Waals surface area (Å²) in [6.07, 6.45) is 2.89. The zero-order valence-corrected chi connectivity index (χ0v) is 21.4. The van der Waals surface area contributed by atoms with Crippen LogP contribution in [0.3, 0.4) is 0 Å². The Morgan fingerprint density at radius 3 is 2.34 bits per heavy atom. The molecule has 1 aromatic heterocycles. The third-order valence-electron chi connectivity index (χ3n) is 5.29. The molecule has 0 bridgehead atoms. The number of hydrogen-bond donors (Lipinski definition) is 1. The van der Waals surface area contributed by atoms with Gasteiger partial charge in [-0.2, -0.15) is 0 Å². The largest absolute Gasteiger partial charge is 0.512 e. The summed E-state index contributed by atoms with van der Waals surface area (Å²) in [4.78, 5) is 18.3. The Morgan fingerprint density at radius 2 is 1.66 bits per heavy atom. The number of ketones is 1. The number of halogens is 1. The fourth-order valence-corrected chi connectivity index (χ4v) is 3.92. The predicted molar refractivity (Wildman–Crippen MR) is 134 cm³/mol. The Bertz CT molecular complexity index is 1630. The molecule has 175 valence electrons. The first-order valence-corrected chi connectivity index (χ1v) is 10.6. The second kappa shape index (κ2) is 11.0. The number of rotatable bonds is 2. The quantitative estimate of drug-likeness (QED) is 0.0931. The summed E-state index contributed by atoms with van der Waals surface area (Å²) in [5.74, 6) is -0.298. The third kappa shape index (κ3) is 5.44. The molecule has 6 heteroatoms. The van der Waals surface area contributed by atoms with E-state index in [1.165, 1.54) is 26.0 Å². The van der Waals surface area contributed by atoms with Crippen LogP contribution in [0.15, 0.2) is 84.8 Å². The van der Waals surface area contributed by atoms with Gasteiger partial charge in [0.2, 0.25) is 0 Å². The second-order valence-corrected chi connectivity index (χ2v) is 7.78. The van der Waals surface area contributed by atoms with Crippen molar-refractivity contribution < 1.29 is 34.4 Å². The molecule has 0 aliphatic rings. The van der Waals surface area contributed by atoms with E-state index in [1.807, 2.05) is 48.5 Å². The minimum atomic E-state index is -0.236. The van der Waals surface area contributed by atoms with Crippen molar-refractivity contribution in [3.8, 4) is 11.3 Å². The topological polar surface area (TPSA) is 54.5 Å². The van der Waals surface area contributed by atoms with Crippen molar-refractivity contribution in [2.24, 2.45) is 0 Å². The zero-order chi connectivity index (χ0) is 24.2. The van der Waals surface area contributed by atoms with Crippen molar-refractivity contribution in [1.82, 2.24) is 4.98 Å². The molecule has 0 amide bonds. The molecule has 1 N–H and O–H groups in total. The third-order valence-corrected chi connectivity index (χ3v) is 5.29. The molecule has 5 aromatic rings. The van der Waals surface area contributed by atoms with Crippen LogP contribution < -0.4 is 0 Å². The maximum atomic E-state index is 14.2. The first-order chi connectivity index (χ1) is 16.4. The number of aliphatic hydroxyl groups excluding tert-OH is 1. The van der Waals surface area contributed by atoms with Crippen LogP contribution in [0.25, 0.3) is 48.4 Å². The van der Waals surface area contributed by atoms with Crippen LogP contribution in [-0.2, 0) is 24.9 Å². The van der Waals surface area contributed by atoms with E-state index in [9.17, 15) is 9.18 Å². The average molecular weight is 640 g/mol. The van der Waals surface area contributed by atoms with Crippen LogP contribution in [0.4, 0.5) is 10.1 Å². The van der Waals surface area contributed by atoms with Gasteiger partial charge in [0.15, 0.2) is 5.78 Å². The Hall–Kier alpha value is -3.91. The number of aliphatic hydroxyl groups is 1. The molecule has 0 atom stereocenters. The molecule has 35 heavy (non-hydrogen) atoms. The van der Waals surface area contributed by atoms with Crippen LogP contribution in [0.1, 0.15) is 13.8 Å². The summed E-state index contributed by atoms with van der Waals surface area (Å²) in [6, 6.07) is 23.6. The fourth-order valence-electron chi connectivity index (χ4n) is 3.92. The van der Waals surface area contributed by atoms with Gasteiger partial charge in [-0.25, -0.2) is 4.39 Å². The maximum absolute atomic E-state index is 14.2. The maximum Gasteiger partial charge on any atom is 0.155 e. The van der Waals surface area contributed by atoms with Crippen LogP contribution in [0, 0.1) is 18.5 Å². The molecule has 0 aliphatic heterocycles. The van der Waals surface area contributed by atoms with Gasteiger partial charge in [0.1, 0.15) is 11.5 Å². The molecule has 1 radical (unpaired) electrons. The van der Waals surface area contributed by atoms with E-state index in [0.717, 1.165) is 38.2 Å². The van der Waals surface area contributed by atoms with Crippen LogP contribution in [-0.4, -0.2) is 15.9 Å². The molecule has 4 aromatic carbocycles.